The zero-order valence-corrected chi connectivity index (χ0v) is 12.8. The molecule has 6 nitrogen and oxygen atoms in total. The SMILES string of the molecule is CCCC(C)NC(=O)CNCc1cccc([N+](=O)[O-])c1C. The molecular weight excluding hydrogens is 270 g/mol. The minimum absolute atomic E-state index is 0.0565. The van der Waals surface area contributed by atoms with Gasteiger partial charge in [0.2, 0.25) is 5.91 Å². The molecule has 1 amide bonds. The molecule has 0 heterocycles. The second kappa shape index (κ2) is 8.36. The lowest BCUT2D eigenvalue weighted by Crippen LogP contribution is -2.38. The molecule has 0 fully saturated rings. The minimum Gasteiger partial charge on any atom is -0.353 e. The van der Waals surface area contributed by atoms with Crippen molar-refractivity contribution in [1.82, 2.24) is 10.6 Å². The van der Waals surface area contributed by atoms with Gasteiger partial charge in [-0.1, -0.05) is 25.5 Å². The van der Waals surface area contributed by atoms with Crippen LogP contribution in [0.3, 0.4) is 0 Å². The minimum atomic E-state index is -0.391. The molecule has 0 saturated heterocycles. The Morgan fingerprint density at radius 2 is 2.14 bits per heavy atom. The van der Waals surface area contributed by atoms with Gasteiger partial charge in [-0.25, -0.2) is 0 Å². The number of rotatable bonds is 8. The Labute approximate surface area is 125 Å². The molecule has 116 valence electrons. The predicted octanol–water partition coefficient (Wildman–Crippen LogP) is 2.30. The molecule has 0 aliphatic carbocycles. The van der Waals surface area contributed by atoms with E-state index < -0.39 is 4.92 Å². The maximum atomic E-state index is 11.7. The first-order valence-corrected chi connectivity index (χ1v) is 7.18. The molecule has 0 saturated carbocycles. The number of carbonyl (C=O) groups is 1. The molecule has 1 rings (SSSR count). The Morgan fingerprint density at radius 3 is 2.76 bits per heavy atom. The van der Waals surface area contributed by atoms with Crippen molar-refractivity contribution in [2.24, 2.45) is 0 Å². The van der Waals surface area contributed by atoms with Crippen LogP contribution in [0.5, 0.6) is 0 Å². The molecule has 0 spiro atoms. The summed E-state index contributed by atoms with van der Waals surface area (Å²) in [7, 11) is 0. The number of benzene rings is 1. The summed E-state index contributed by atoms with van der Waals surface area (Å²) in [6.07, 6.45) is 1.98. The summed E-state index contributed by atoms with van der Waals surface area (Å²) in [6.45, 7) is 6.41. The molecule has 1 atom stereocenters. The Morgan fingerprint density at radius 1 is 1.43 bits per heavy atom. The lowest BCUT2D eigenvalue weighted by atomic mass is 10.1. The summed E-state index contributed by atoms with van der Waals surface area (Å²) in [5.41, 5.74) is 1.57. The molecule has 6 heteroatoms. The van der Waals surface area contributed by atoms with E-state index in [9.17, 15) is 14.9 Å². The van der Waals surface area contributed by atoms with Gasteiger partial charge >= 0.3 is 0 Å². The first-order valence-electron chi connectivity index (χ1n) is 7.18. The summed E-state index contributed by atoms with van der Waals surface area (Å²) in [5, 5.41) is 16.8. The molecule has 21 heavy (non-hydrogen) atoms. The second-order valence-corrected chi connectivity index (χ2v) is 5.18. The number of nitrogens with zero attached hydrogens (tertiary/aromatic N) is 1. The average molecular weight is 293 g/mol. The Balaban J connectivity index is 2.48. The molecular formula is C15H23N3O3. The van der Waals surface area contributed by atoms with Gasteiger partial charge in [0.25, 0.3) is 5.69 Å². The highest BCUT2D eigenvalue weighted by Gasteiger charge is 2.13. The van der Waals surface area contributed by atoms with E-state index in [-0.39, 0.29) is 24.2 Å². The smallest absolute Gasteiger partial charge is 0.272 e. The standard InChI is InChI=1S/C15H23N3O3/c1-4-6-11(2)17-15(19)10-16-9-13-7-5-8-14(12(13)3)18(20)21/h5,7-8,11,16H,4,6,9-10H2,1-3H3,(H,17,19). The second-order valence-electron chi connectivity index (χ2n) is 5.18. The van der Waals surface area contributed by atoms with Crippen LogP contribution in [0.2, 0.25) is 0 Å². The molecule has 0 aromatic heterocycles. The third-order valence-corrected chi connectivity index (χ3v) is 3.34. The van der Waals surface area contributed by atoms with Crippen molar-refractivity contribution >= 4 is 11.6 Å². The van der Waals surface area contributed by atoms with Crippen molar-refractivity contribution < 1.29 is 9.72 Å². The largest absolute Gasteiger partial charge is 0.353 e. The van der Waals surface area contributed by atoms with Crippen LogP contribution in [0, 0.1) is 17.0 Å². The van der Waals surface area contributed by atoms with Gasteiger partial charge in [0.05, 0.1) is 11.5 Å². The first-order chi connectivity index (χ1) is 9.95. The maximum Gasteiger partial charge on any atom is 0.272 e. The van der Waals surface area contributed by atoms with E-state index in [4.69, 9.17) is 0 Å². The van der Waals surface area contributed by atoms with Gasteiger partial charge in [-0.3, -0.25) is 14.9 Å². The van der Waals surface area contributed by atoms with Gasteiger partial charge in [-0.2, -0.15) is 0 Å². The van der Waals surface area contributed by atoms with E-state index in [1.54, 1.807) is 13.0 Å². The lowest BCUT2D eigenvalue weighted by molar-refractivity contribution is -0.385. The number of hydrogen-bond donors (Lipinski definition) is 2. The fourth-order valence-corrected chi connectivity index (χ4v) is 2.20. The number of amides is 1. The van der Waals surface area contributed by atoms with Crippen LogP contribution in [0.1, 0.15) is 37.8 Å². The summed E-state index contributed by atoms with van der Waals surface area (Å²) in [4.78, 5) is 22.2. The van der Waals surface area contributed by atoms with Crippen LogP contribution in [0.25, 0.3) is 0 Å². The third kappa shape index (κ3) is 5.51. The van der Waals surface area contributed by atoms with E-state index in [1.165, 1.54) is 6.07 Å². The molecule has 1 aromatic carbocycles. The van der Waals surface area contributed by atoms with Crippen molar-refractivity contribution in [3.63, 3.8) is 0 Å². The van der Waals surface area contributed by atoms with Crippen LogP contribution < -0.4 is 10.6 Å². The number of carbonyl (C=O) groups excluding carboxylic acids is 1. The van der Waals surface area contributed by atoms with Crippen LogP contribution in [-0.4, -0.2) is 23.4 Å². The summed E-state index contributed by atoms with van der Waals surface area (Å²) in [5.74, 6) is -0.0565. The Bertz CT molecular complexity index is 503. The molecule has 0 aliphatic rings. The normalized spacial score (nSPS) is 12.0. The molecule has 0 bridgehead atoms. The highest BCUT2D eigenvalue weighted by molar-refractivity contribution is 5.78. The predicted molar refractivity (Wildman–Crippen MR) is 82.1 cm³/mol. The number of nitrogens with one attached hydrogen (secondary N) is 2. The number of nitro benzene ring substituents is 1. The monoisotopic (exact) mass is 293 g/mol. The van der Waals surface area contributed by atoms with Crippen LogP contribution >= 0.6 is 0 Å². The average Bonchev–Trinajstić information content (AvgIpc) is 2.40. The van der Waals surface area contributed by atoms with Crippen LogP contribution in [0.4, 0.5) is 5.69 Å². The van der Waals surface area contributed by atoms with Crippen LogP contribution in [-0.2, 0) is 11.3 Å². The summed E-state index contributed by atoms with van der Waals surface area (Å²) in [6, 6.07) is 5.14. The van der Waals surface area contributed by atoms with Gasteiger partial charge in [0.15, 0.2) is 0 Å². The van der Waals surface area contributed by atoms with Crippen molar-refractivity contribution in [2.75, 3.05) is 6.54 Å². The van der Waals surface area contributed by atoms with Gasteiger partial charge in [0.1, 0.15) is 0 Å². The van der Waals surface area contributed by atoms with Gasteiger partial charge in [0, 0.05) is 24.2 Å². The maximum absolute atomic E-state index is 11.7. The number of hydrogen-bond acceptors (Lipinski definition) is 4. The van der Waals surface area contributed by atoms with E-state index in [0.29, 0.717) is 12.1 Å². The zero-order chi connectivity index (χ0) is 15.8. The van der Waals surface area contributed by atoms with Crippen molar-refractivity contribution in [3.05, 3.63) is 39.4 Å². The van der Waals surface area contributed by atoms with Crippen molar-refractivity contribution in [2.45, 2.75) is 46.2 Å². The Hall–Kier alpha value is -1.95. The zero-order valence-electron chi connectivity index (χ0n) is 12.8. The Kier molecular flexibility index (Phi) is 6.81. The quantitative estimate of drug-likeness (QED) is 0.569. The molecule has 1 unspecified atom stereocenters. The van der Waals surface area contributed by atoms with Gasteiger partial charge in [-0.05, 0) is 25.8 Å². The highest BCUT2D eigenvalue weighted by Crippen LogP contribution is 2.20. The number of nitro groups is 1. The lowest BCUT2D eigenvalue weighted by Gasteiger charge is -2.13. The third-order valence-electron chi connectivity index (χ3n) is 3.34. The van der Waals surface area contributed by atoms with Gasteiger partial charge < -0.3 is 10.6 Å². The molecule has 0 radical (unpaired) electrons. The first kappa shape index (κ1) is 17.1. The van der Waals surface area contributed by atoms with E-state index in [2.05, 4.69) is 17.6 Å². The van der Waals surface area contributed by atoms with Gasteiger partial charge in [-0.15, -0.1) is 0 Å². The van der Waals surface area contributed by atoms with E-state index in [0.717, 1.165) is 18.4 Å². The van der Waals surface area contributed by atoms with Crippen molar-refractivity contribution in [3.8, 4) is 0 Å². The topological polar surface area (TPSA) is 84.3 Å². The summed E-state index contributed by atoms with van der Waals surface area (Å²) >= 11 is 0. The summed E-state index contributed by atoms with van der Waals surface area (Å²) < 4.78 is 0. The fourth-order valence-electron chi connectivity index (χ4n) is 2.20. The molecule has 2 N–H and O–H groups in total. The van der Waals surface area contributed by atoms with Crippen molar-refractivity contribution in [1.29, 1.82) is 0 Å². The highest BCUT2D eigenvalue weighted by atomic mass is 16.6. The fraction of sp³-hybridized carbons (Fsp3) is 0.533. The van der Waals surface area contributed by atoms with E-state index in [1.807, 2.05) is 13.0 Å². The van der Waals surface area contributed by atoms with E-state index >= 15 is 0 Å². The molecule has 0 aliphatic heterocycles. The van der Waals surface area contributed by atoms with Crippen LogP contribution in [0.15, 0.2) is 18.2 Å². The molecule has 1 aromatic rings.